The molecule has 0 fully saturated rings. The SMILES string of the molecule is CCc1nn(-c2ccccc2)c(Oc2ccccc2OC)c1CN(CCOC)CC(O)COC. The summed E-state index contributed by atoms with van der Waals surface area (Å²) in [6.45, 7) is 4.49. The van der Waals surface area contributed by atoms with Crippen molar-refractivity contribution in [2.75, 3.05) is 47.6 Å². The number of nitrogens with zero attached hydrogens (tertiary/aromatic N) is 3. The molecular formula is C26H35N3O5. The van der Waals surface area contributed by atoms with E-state index >= 15 is 0 Å². The van der Waals surface area contributed by atoms with Crippen LogP contribution in [0.15, 0.2) is 54.6 Å². The van der Waals surface area contributed by atoms with Gasteiger partial charge in [-0.2, -0.15) is 5.10 Å². The van der Waals surface area contributed by atoms with E-state index in [-0.39, 0.29) is 6.61 Å². The molecule has 0 saturated carbocycles. The van der Waals surface area contributed by atoms with Crippen molar-refractivity contribution in [3.05, 3.63) is 65.9 Å². The molecular weight excluding hydrogens is 434 g/mol. The Kier molecular flexibility index (Phi) is 9.90. The minimum Gasteiger partial charge on any atom is -0.493 e. The van der Waals surface area contributed by atoms with E-state index in [0.29, 0.717) is 43.6 Å². The maximum atomic E-state index is 10.4. The van der Waals surface area contributed by atoms with E-state index in [0.717, 1.165) is 23.4 Å². The summed E-state index contributed by atoms with van der Waals surface area (Å²) < 4.78 is 24.3. The number of aryl methyl sites for hydroxylation is 1. The van der Waals surface area contributed by atoms with Crippen LogP contribution in [0.4, 0.5) is 0 Å². The quantitative estimate of drug-likeness (QED) is 0.386. The third kappa shape index (κ3) is 6.57. The first-order chi connectivity index (χ1) is 16.6. The van der Waals surface area contributed by atoms with E-state index in [1.54, 1.807) is 21.3 Å². The van der Waals surface area contributed by atoms with Crippen LogP contribution in [0.2, 0.25) is 0 Å². The fraction of sp³-hybridized carbons (Fsp3) is 0.423. The van der Waals surface area contributed by atoms with Gasteiger partial charge in [-0.25, -0.2) is 4.68 Å². The normalized spacial score (nSPS) is 12.2. The fourth-order valence-corrected chi connectivity index (χ4v) is 3.80. The van der Waals surface area contributed by atoms with Crippen LogP contribution >= 0.6 is 0 Å². The Balaban J connectivity index is 2.05. The lowest BCUT2D eigenvalue weighted by atomic mass is 10.1. The first-order valence-electron chi connectivity index (χ1n) is 11.5. The highest BCUT2D eigenvalue weighted by atomic mass is 16.5. The van der Waals surface area contributed by atoms with E-state index in [9.17, 15) is 5.11 Å². The third-order valence-corrected chi connectivity index (χ3v) is 5.45. The van der Waals surface area contributed by atoms with Crippen molar-refractivity contribution in [1.82, 2.24) is 14.7 Å². The largest absolute Gasteiger partial charge is 0.493 e. The lowest BCUT2D eigenvalue weighted by Crippen LogP contribution is -2.36. The third-order valence-electron chi connectivity index (χ3n) is 5.45. The van der Waals surface area contributed by atoms with Gasteiger partial charge in [0.05, 0.1) is 43.4 Å². The second-order valence-electron chi connectivity index (χ2n) is 7.92. The van der Waals surface area contributed by atoms with Crippen molar-refractivity contribution in [3.8, 4) is 23.1 Å². The molecule has 0 spiro atoms. The Morgan fingerprint density at radius 1 is 0.971 bits per heavy atom. The summed E-state index contributed by atoms with van der Waals surface area (Å²) in [5.41, 5.74) is 2.78. The summed E-state index contributed by atoms with van der Waals surface area (Å²) in [5.74, 6) is 1.86. The van der Waals surface area contributed by atoms with Crippen LogP contribution in [-0.4, -0.2) is 73.5 Å². The Morgan fingerprint density at radius 2 is 1.68 bits per heavy atom. The van der Waals surface area contributed by atoms with E-state index in [1.165, 1.54) is 0 Å². The highest BCUT2D eigenvalue weighted by Gasteiger charge is 2.24. The molecule has 1 atom stereocenters. The van der Waals surface area contributed by atoms with Gasteiger partial charge < -0.3 is 24.1 Å². The second kappa shape index (κ2) is 13.1. The van der Waals surface area contributed by atoms with Gasteiger partial charge in [-0.1, -0.05) is 37.3 Å². The minimum atomic E-state index is -0.616. The molecule has 0 aliphatic rings. The summed E-state index contributed by atoms with van der Waals surface area (Å²) in [4.78, 5) is 2.13. The van der Waals surface area contributed by atoms with Crippen LogP contribution in [0.25, 0.3) is 5.69 Å². The van der Waals surface area contributed by atoms with Crippen LogP contribution in [0.5, 0.6) is 17.4 Å². The molecule has 0 saturated heterocycles. The molecule has 1 aromatic heterocycles. The van der Waals surface area contributed by atoms with E-state index in [2.05, 4.69) is 11.8 Å². The van der Waals surface area contributed by atoms with Crippen molar-refractivity contribution in [3.63, 3.8) is 0 Å². The fourth-order valence-electron chi connectivity index (χ4n) is 3.80. The molecule has 2 aromatic carbocycles. The van der Waals surface area contributed by atoms with Gasteiger partial charge in [-0.05, 0) is 30.7 Å². The number of methoxy groups -OCH3 is 3. The van der Waals surface area contributed by atoms with Crippen LogP contribution in [-0.2, 0) is 22.4 Å². The van der Waals surface area contributed by atoms with Crippen molar-refractivity contribution >= 4 is 0 Å². The van der Waals surface area contributed by atoms with Gasteiger partial charge in [-0.15, -0.1) is 0 Å². The molecule has 0 amide bonds. The maximum Gasteiger partial charge on any atom is 0.227 e. The predicted molar refractivity (Wildman–Crippen MR) is 131 cm³/mol. The van der Waals surface area contributed by atoms with Crippen molar-refractivity contribution < 1.29 is 24.1 Å². The van der Waals surface area contributed by atoms with E-state index < -0.39 is 6.10 Å². The number of hydrogen-bond donors (Lipinski definition) is 1. The van der Waals surface area contributed by atoms with Crippen LogP contribution in [0.1, 0.15) is 18.2 Å². The summed E-state index contributed by atoms with van der Waals surface area (Å²) >= 11 is 0. The Hall–Kier alpha value is -2.91. The molecule has 0 aliphatic heterocycles. The topological polar surface area (TPSA) is 78.2 Å². The first kappa shape index (κ1) is 25.7. The number of aromatic nitrogens is 2. The summed E-state index contributed by atoms with van der Waals surface area (Å²) in [6.07, 6.45) is 0.116. The molecule has 8 heteroatoms. The monoisotopic (exact) mass is 469 g/mol. The average Bonchev–Trinajstić information content (AvgIpc) is 3.20. The molecule has 1 N–H and O–H groups in total. The molecule has 1 unspecified atom stereocenters. The standard InChI is InChI=1S/C26H35N3O5/c1-5-23-22(18-28(15-16-31-2)17-21(30)19-32-3)26(29(27-23)20-11-7-6-8-12-20)34-25-14-10-9-13-24(25)33-4/h6-14,21,30H,5,15-19H2,1-4H3. The van der Waals surface area contributed by atoms with Gasteiger partial charge >= 0.3 is 0 Å². The molecule has 0 radical (unpaired) electrons. The van der Waals surface area contributed by atoms with Gasteiger partial charge in [0, 0.05) is 33.9 Å². The molecule has 1 heterocycles. The van der Waals surface area contributed by atoms with Crippen molar-refractivity contribution in [2.45, 2.75) is 26.0 Å². The van der Waals surface area contributed by atoms with Crippen molar-refractivity contribution in [1.29, 1.82) is 0 Å². The predicted octanol–water partition coefficient (Wildman–Crippen LogP) is 3.69. The second-order valence-corrected chi connectivity index (χ2v) is 7.92. The van der Waals surface area contributed by atoms with Crippen molar-refractivity contribution in [2.24, 2.45) is 0 Å². The van der Waals surface area contributed by atoms with E-state index in [4.69, 9.17) is 24.0 Å². The maximum absolute atomic E-state index is 10.4. The number of ether oxygens (including phenoxy) is 4. The Labute approximate surface area is 201 Å². The molecule has 8 nitrogen and oxygen atoms in total. The Bertz CT molecular complexity index is 1010. The van der Waals surface area contributed by atoms with Crippen LogP contribution in [0, 0.1) is 0 Å². The average molecular weight is 470 g/mol. The molecule has 184 valence electrons. The number of rotatable bonds is 14. The molecule has 3 rings (SSSR count). The molecule has 0 bridgehead atoms. The first-order valence-corrected chi connectivity index (χ1v) is 11.5. The zero-order chi connectivity index (χ0) is 24.3. The highest BCUT2D eigenvalue weighted by molar-refractivity contribution is 5.47. The molecule has 3 aromatic rings. The van der Waals surface area contributed by atoms with Crippen LogP contribution < -0.4 is 9.47 Å². The lowest BCUT2D eigenvalue weighted by molar-refractivity contribution is 0.0291. The number of aliphatic hydroxyl groups is 1. The zero-order valence-corrected chi connectivity index (χ0v) is 20.4. The van der Waals surface area contributed by atoms with Crippen LogP contribution in [0.3, 0.4) is 0 Å². The summed E-state index contributed by atoms with van der Waals surface area (Å²) in [7, 11) is 4.88. The van der Waals surface area contributed by atoms with Gasteiger partial charge in [0.25, 0.3) is 0 Å². The summed E-state index contributed by atoms with van der Waals surface area (Å²) in [6, 6.07) is 17.5. The van der Waals surface area contributed by atoms with Gasteiger partial charge in [0.1, 0.15) is 0 Å². The number of para-hydroxylation sites is 3. The van der Waals surface area contributed by atoms with E-state index in [1.807, 2.05) is 59.3 Å². The molecule has 0 aliphatic carbocycles. The number of aliphatic hydroxyl groups excluding tert-OH is 1. The van der Waals surface area contributed by atoms with Gasteiger partial charge in [0.2, 0.25) is 5.88 Å². The minimum absolute atomic E-state index is 0.262. The van der Waals surface area contributed by atoms with Gasteiger partial charge in [-0.3, -0.25) is 4.90 Å². The smallest absolute Gasteiger partial charge is 0.227 e. The summed E-state index contributed by atoms with van der Waals surface area (Å²) in [5, 5.41) is 15.3. The van der Waals surface area contributed by atoms with Gasteiger partial charge in [0.15, 0.2) is 11.5 Å². The zero-order valence-electron chi connectivity index (χ0n) is 20.4. The lowest BCUT2D eigenvalue weighted by Gasteiger charge is -2.25. The number of hydrogen-bond acceptors (Lipinski definition) is 7. The molecule has 34 heavy (non-hydrogen) atoms. The highest BCUT2D eigenvalue weighted by Crippen LogP contribution is 2.36. The Morgan fingerprint density at radius 3 is 2.32 bits per heavy atom. The number of benzene rings is 2.